The van der Waals surface area contributed by atoms with E-state index in [0.29, 0.717) is 12.1 Å². The Hall–Kier alpha value is -0.120. The fourth-order valence-electron chi connectivity index (χ4n) is 2.77. The van der Waals surface area contributed by atoms with Crippen molar-refractivity contribution >= 4 is 0 Å². The first-order valence-electron chi connectivity index (χ1n) is 6.63. The number of hydrogen-bond acceptors (Lipinski definition) is 3. The lowest BCUT2D eigenvalue weighted by Crippen LogP contribution is -2.61. The van der Waals surface area contributed by atoms with Crippen molar-refractivity contribution in [3.05, 3.63) is 0 Å². The zero-order chi connectivity index (χ0) is 12.2. The van der Waals surface area contributed by atoms with Gasteiger partial charge in [-0.05, 0) is 26.7 Å². The molecule has 1 heterocycles. The summed E-state index contributed by atoms with van der Waals surface area (Å²) >= 11 is 0. The van der Waals surface area contributed by atoms with Gasteiger partial charge in [0.2, 0.25) is 0 Å². The highest BCUT2D eigenvalue weighted by Gasteiger charge is 2.36. The third-order valence-corrected chi connectivity index (χ3v) is 3.64. The van der Waals surface area contributed by atoms with E-state index in [1.165, 1.54) is 6.42 Å². The third-order valence-electron chi connectivity index (χ3n) is 3.64. The quantitative estimate of drug-likeness (QED) is 0.782. The number of nitrogens with zero attached hydrogens (tertiary/aromatic N) is 1. The van der Waals surface area contributed by atoms with Crippen molar-refractivity contribution < 1.29 is 4.74 Å². The highest BCUT2D eigenvalue weighted by Crippen LogP contribution is 2.25. The maximum Gasteiger partial charge on any atom is 0.0645 e. The molecule has 0 aromatic carbocycles. The van der Waals surface area contributed by atoms with E-state index in [1.54, 1.807) is 0 Å². The number of nitrogens with two attached hydrogens (primary N) is 1. The fourth-order valence-corrected chi connectivity index (χ4v) is 2.77. The van der Waals surface area contributed by atoms with Crippen molar-refractivity contribution in [1.29, 1.82) is 0 Å². The first kappa shape index (κ1) is 13.9. The molecule has 3 heteroatoms. The van der Waals surface area contributed by atoms with Gasteiger partial charge in [0.15, 0.2) is 0 Å². The van der Waals surface area contributed by atoms with Gasteiger partial charge in [0.1, 0.15) is 0 Å². The minimum Gasteiger partial charge on any atom is -0.378 e. The summed E-state index contributed by atoms with van der Waals surface area (Å²) in [4.78, 5) is 2.55. The van der Waals surface area contributed by atoms with Crippen molar-refractivity contribution in [2.24, 2.45) is 5.73 Å². The van der Waals surface area contributed by atoms with Gasteiger partial charge in [-0.3, -0.25) is 4.90 Å². The topological polar surface area (TPSA) is 38.5 Å². The highest BCUT2D eigenvalue weighted by atomic mass is 16.5. The van der Waals surface area contributed by atoms with Gasteiger partial charge in [-0.2, -0.15) is 0 Å². The van der Waals surface area contributed by atoms with Crippen molar-refractivity contribution in [2.45, 2.75) is 64.6 Å². The van der Waals surface area contributed by atoms with Gasteiger partial charge in [0.25, 0.3) is 0 Å². The number of hydrogen-bond donors (Lipinski definition) is 1. The second-order valence-electron chi connectivity index (χ2n) is 5.49. The van der Waals surface area contributed by atoms with Gasteiger partial charge in [-0.25, -0.2) is 0 Å². The van der Waals surface area contributed by atoms with E-state index in [4.69, 9.17) is 10.5 Å². The molecular weight excluding hydrogens is 200 g/mol. The number of ether oxygens (including phenoxy) is 1. The van der Waals surface area contributed by atoms with E-state index in [-0.39, 0.29) is 5.54 Å². The molecule has 0 saturated carbocycles. The Labute approximate surface area is 100 Å². The zero-order valence-corrected chi connectivity index (χ0v) is 11.3. The maximum atomic E-state index is 6.31. The molecule has 0 amide bonds. The van der Waals surface area contributed by atoms with Crippen LogP contribution in [-0.2, 0) is 4.74 Å². The Kier molecular flexibility index (Phi) is 5.22. The maximum absolute atomic E-state index is 6.31. The summed E-state index contributed by atoms with van der Waals surface area (Å²) in [5.74, 6) is 0. The van der Waals surface area contributed by atoms with Gasteiger partial charge in [-0.1, -0.05) is 20.3 Å². The van der Waals surface area contributed by atoms with Crippen LogP contribution in [0.25, 0.3) is 0 Å². The number of rotatable bonds is 5. The van der Waals surface area contributed by atoms with E-state index in [0.717, 1.165) is 32.6 Å². The highest BCUT2D eigenvalue weighted by molar-refractivity contribution is 4.92. The molecule has 1 rings (SSSR count). The predicted molar refractivity (Wildman–Crippen MR) is 68.6 cm³/mol. The lowest BCUT2D eigenvalue weighted by molar-refractivity contribution is -0.0774. The molecule has 0 bridgehead atoms. The van der Waals surface area contributed by atoms with Gasteiger partial charge in [0.05, 0.1) is 13.2 Å². The number of morpholine rings is 1. The average Bonchev–Trinajstić information content (AvgIpc) is 2.21. The van der Waals surface area contributed by atoms with Crippen molar-refractivity contribution in [3.8, 4) is 0 Å². The van der Waals surface area contributed by atoms with Gasteiger partial charge < -0.3 is 10.5 Å². The molecule has 96 valence electrons. The normalized spacial score (nSPS) is 25.3. The largest absolute Gasteiger partial charge is 0.378 e. The minimum absolute atomic E-state index is 0.129. The minimum atomic E-state index is 0.129. The average molecular weight is 228 g/mol. The van der Waals surface area contributed by atoms with Gasteiger partial charge in [-0.15, -0.1) is 0 Å². The van der Waals surface area contributed by atoms with Crippen LogP contribution in [0.3, 0.4) is 0 Å². The van der Waals surface area contributed by atoms with E-state index < -0.39 is 0 Å². The summed E-state index contributed by atoms with van der Waals surface area (Å²) in [6.45, 7) is 11.6. The van der Waals surface area contributed by atoms with Crippen molar-refractivity contribution in [1.82, 2.24) is 4.90 Å². The molecule has 2 atom stereocenters. The Bertz CT molecular complexity index is 206. The monoisotopic (exact) mass is 228 g/mol. The second-order valence-corrected chi connectivity index (χ2v) is 5.49. The molecule has 0 aromatic rings. The van der Waals surface area contributed by atoms with Crippen LogP contribution in [0.5, 0.6) is 0 Å². The summed E-state index contributed by atoms with van der Waals surface area (Å²) in [7, 11) is 0. The van der Waals surface area contributed by atoms with E-state index in [9.17, 15) is 0 Å². The second kappa shape index (κ2) is 5.99. The van der Waals surface area contributed by atoms with E-state index in [1.807, 2.05) is 0 Å². The summed E-state index contributed by atoms with van der Waals surface area (Å²) in [6.07, 6.45) is 3.42. The van der Waals surface area contributed by atoms with Crippen LogP contribution in [0.2, 0.25) is 0 Å². The Balaban J connectivity index is 2.69. The molecule has 0 radical (unpaired) electrons. The van der Waals surface area contributed by atoms with Crippen LogP contribution in [0.1, 0.15) is 47.0 Å². The van der Waals surface area contributed by atoms with Gasteiger partial charge in [0, 0.05) is 24.2 Å². The molecule has 0 spiro atoms. The standard InChI is InChI=1S/C13H28N2O/c1-5-7-11(14)12(6-2)15-8-9-16-10-13(15,3)4/h11-12H,5-10,14H2,1-4H3. The first-order chi connectivity index (χ1) is 7.53. The lowest BCUT2D eigenvalue weighted by atomic mass is 9.93. The van der Waals surface area contributed by atoms with Crippen LogP contribution in [0, 0.1) is 0 Å². The summed E-state index contributed by atoms with van der Waals surface area (Å²) < 4.78 is 5.57. The lowest BCUT2D eigenvalue weighted by Gasteiger charge is -2.48. The fraction of sp³-hybridized carbons (Fsp3) is 1.00. The van der Waals surface area contributed by atoms with E-state index >= 15 is 0 Å². The van der Waals surface area contributed by atoms with E-state index in [2.05, 4.69) is 32.6 Å². The SMILES string of the molecule is CCCC(N)C(CC)N1CCOCC1(C)C. The molecular formula is C13H28N2O. The summed E-state index contributed by atoms with van der Waals surface area (Å²) in [5, 5.41) is 0. The van der Waals surface area contributed by atoms with Gasteiger partial charge >= 0.3 is 0 Å². The van der Waals surface area contributed by atoms with Crippen LogP contribution in [0.4, 0.5) is 0 Å². The molecule has 1 aliphatic heterocycles. The third kappa shape index (κ3) is 3.19. The summed E-state index contributed by atoms with van der Waals surface area (Å²) in [5.41, 5.74) is 6.44. The predicted octanol–water partition coefficient (Wildman–Crippen LogP) is 2.00. The van der Waals surface area contributed by atoms with Crippen LogP contribution in [0.15, 0.2) is 0 Å². The molecule has 0 aromatic heterocycles. The molecule has 1 saturated heterocycles. The summed E-state index contributed by atoms with van der Waals surface area (Å²) in [6, 6.07) is 0.797. The van der Waals surface area contributed by atoms with Crippen LogP contribution in [-0.4, -0.2) is 42.3 Å². The molecule has 1 fully saturated rings. The Morgan fingerprint density at radius 3 is 2.56 bits per heavy atom. The Morgan fingerprint density at radius 2 is 2.06 bits per heavy atom. The molecule has 0 aliphatic carbocycles. The van der Waals surface area contributed by atoms with Crippen molar-refractivity contribution in [2.75, 3.05) is 19.8 Å². The smallest absolute Gasteiger partial charge is 0.0645 e. The Morgan fingerprint density at radius 1 is 1.38 bits per heavy atom. The van der Waals surface area contributed by atoms with Crippen molar-refractivity contribution in [3.63, 3.8) is 0 Å². The van der Waals surface area contributed by atoms with Crippen LogP contribution < -0.4 is 5.73 Å². The molecule has 3 nitrogen and oxygen atoms in total. The first-order valence-corrected chi connectivity index (χ1v) is 6.63. The molecule has 1 aliphatic rings. The molecule has 2 unspecified atom stereocenters. The zero-order valence-electron chi connectivity index (χ0n) is 11.3. The molecule has 2 N–H and O–H groups in total. The van der Waals surface area contributed by atoms with Crippen LogP contribution >= 0.6 is 0 Å². The molecule has 16 heavy (non-hydrogen) atoms.